The highest BCUT2D eigenvalue weighted by molar-refractivity contribution is 7.98. The Morgan fingerprint density at radius 1 is 1.30 bits per heavy atom. The Morgan fingerprint density at radius 2 is 2.05 bits per heavy atom. The van der Waals surface area contributed by atoms with Gasteiger partial charge in [0.1, 0.15) is 0 Å². The molecule has 0 aliphatic rings. The minimum absolute atomic E-state index is 0.553. The number of rotatable bonds is 11. The summed E-state index contributed by atoms with van der Waals surface area (Å²) in [5.41, 5.74) is 1.23. The first-order valence-electron chi connectivity index (χ1n) is 8.01. The Morgan fingerprint density at radius 3 is 2.65 bits per heavy atom. The predicted molar refractivity (Wildman–Crippen MR) is 90.6 cm³/mol. The molecule has 4 heteroatoms. The fourth-order valence-corrected chi connectivity index (χ4v) is 3.01. The van der Waals surface area contributed by atoms with Gasteiger partial charge in [-0.25, -0.2) is 0 Å². The molecule has 0 radical (unpaired) electrons. The third-order valence-electron chi connectivity index (χ3n) is 3.79. The zero-order chi connectivity index (χ0) is 14.8. The van der Waals surface area contributed by atoms with Gasteiger partial charge in [-0.3, -0.25) is 4.68 Å². The highest BCUT2D eigenvalue weighted by Crippen LogP contribution is 2.15. The molecule has 0 aliphatic heterocycles. The van der Waals surface area contributed by atoms with Gasteiger partial charge < -0.3 is 5.32 Å². The maximum Gasteiger partial charge on any atom is 0.0640 e. The van der Waals surface area contributed by atoms with Crippen LogP contribution in [0.1, 0.15) is 58.2 Å². The Balaban J connectivity index is 2.58. The van der Waals surface area contributed by atoms with E-state index >= 15 is 0 Å². The molecule has 1 aromatic rings. The summed E-state index contributed by atoms with van der Waals surface area (Å²) in [7, 11) is 0. The SMILES string of the molecule is CCCNC(CCSC)Cc1ccn(C(CC)CC)n1. The van der Waals surface area contributed by atoms with Crippen molar-refractivity contribution in [1.29, 1.82) is 0 Å². The molecule has 0 bridgehead atoms. The first kappa shape index (κ1) is 17.6. The summed E-state index contributed by atoms with van der Waals surface area (Å²) in [6.07, 6.45) is 10.1. The van der Waals surface area contributed by atoms with Gasteiger partial charge in [-0.05, 0) is 50.3 Å². The fraction of sp³-hybridized carbons (Fsp3) is 0.812. The Hall–Kier alpha value is -0.480. The van der Waals surface area contributed by atoms with Gasteiger partial charge in [-0.2, -0.15) is 16.9 Å². The molecular formula is C16H31N3S. The molecule has 1 unspecified atom stereocenters. The molecule has 0 fully saturated rings. The van der Waals surface area contributed by atoms with Gasteiger partial charge in [0.25, 0.3) is 0 Å². The molecular weight excluding hydrogens is 266 g/mol. The minimum Gasteiger partial charge on any atom is -0.314 e. The molecule has 0 spiro atoms. The van der Waals surface area contributed by atoms with Gasteiger partial charge in [0.15, 0.2) is 0 Å². The van der Waals surface area contributed by atoms with Crippen LogP contribution in [0, 0.1) is 0 Å². The first-order valence-corrected chi connectivity index (χ1v) is 9.40. The fourth-order valence-electron chi connectivity index (χ4n) is 2.49. The van der Waals surface area contributed by atoms with Crippen molar-refractivity contribution in [2.24, 2.45) is 0 Å². The molecule has 0 amide bonds. The molecule has 0 aromatic carbocycles. The molecule has 116 valence electrons. The van der Waals surface area contributed by atoms with Crippen molar-refractivity contribution >= 4 is 11.8 Å². The number of thioether (sulfide) groups is 1. The number of hydrogen-bond donors (Lipinski definition) is 1. The van der Waals surface area contributed by atoms with Crippen LogP contribution >= 0.6 is 11.8 Å². The molecule has 1 aromatic heterocycles. The molecule has 1 N–H and O–H groups in total. The van der Waals surface area contributed by atoms with Crippen LogP contribution in [0.25, 0.3) is 0 Å². The lowest BCUT2D eigenvalue weighted by molar-refractivity contribution is 0.420. The van der Waals surface area contributed by atoms with Crippen molar-refractivity contribution in [1.82, 2.24) is 15.1 Å². The third-order valence-corrected chi connectivity index (χ3v) is 4.43. The van der Waals surface area contributed by atoms with E-state index < -0.39 is 0 Å². The lowest BCUT2D eigenvalue weighted by Gasteiger charge is -2.17. The van der Waals surface area contributed by atoms with Gasteiger partial charge in [0.2, 0.25) is 0 Å². The van der Waals surface area contributed by atoms with Crippen LogP contribution in [0.2, 0.25) is 0 Å². The third kappa shape index (κ3) is 5.88. The lowest BCUT2D eigenvalue weighted by Crippen LogP contribution is -2.32. The lowest BCUT2D eigenvalue weighted by atomic mass is 10.1. The van der Waals surface area contributed by atoms with E-state index in [1.54, 1.807) is 0 Å². The van der Waals surface area contributed by atoms with Gasteiger partial charge >= 0.3 is 0 Å². The summed E-state index contributed by atoms with van der Waals surface area (Å²) in [6, 6.07) is 3.31. The van der Waals surface area contributed by atoms with Gasteiger partial charge in [-0.15, -0.1) is 0 Å². The zero-order valence-electron chi connectivity index (χ0n) is 13.6. The molecule has 20 heavy (non-hydrogen) atoms. The molecule has 0 aliphatic carbocycles. The summed E-state index contributed by atoms with van der Waals surface area (Å²) in [5, 5.41) is 8.43. The van der Waals surface area contributed by atoms with E-state index in [0.29, 0.717) is 12.1 Å². The summed E-state index contributed by atoms with van der Waals surface area (Å²) >= 11 is 1.93. The number of hydrogen-bond acceptors (Lipinski definition) is 3. The van der Waals surface area contributed by atoms with Crippen LogP contribution in [0.3, 0.4) is 0 Å². The minimum atomic E-state index is 0.553. The second kappa shape index (κ2) is 10.3. The molecule has 0 saturated carbocycles. The van der Waals surface area contributed by atoms with Crippen molar-refractivity contribution in [3.8, 4) is 0 Å². The van der Waals surface area contributed by atoms with E-state index in [4.69, 9.17) is 5.10 Å². The van der Waals surface area contributed by atoms with E-state index in [0.717, 1.165) is 25.8 Å². The van der Waals surface area contributed by atoms with Gasteiger partial charge in [0, 0.05) is 18.7 Å². The quantitative estimate of drug-likeness (QED) is 0.671. The van der Waals surface area contributed by atoms with E-state index in [1.165, 1.54) is 24.3 Å². The zero-order valence-corrected chi connectivity index (χ0v) is 14.4. The molecule has 1 rings (SSSR count). The van der Waals surface area contributed by atoms with E-state index in [2.05, 4.69) is 49.3 Å². The standard InChI is InChI=1S/C16H31N3S/c1-5-10-17-14(9-12-20-4)13-15-8-11-19(18-15)16(6-2)7-3/h8,11,14,16-17H,5-7,9-10,12-13H2,1-4H3. The maximum atomic E-state index is 4.78. The van der Waals surface area contributed by atoms with Crippen LogP contribution < -0.4 is 5.32 Å². The van der Waals surface area contributed by atoms with Gasteiger partial charge in [-0.1, -0.05) is 20.8 Å². The van der Waals surface area contributed by atoms with Gasteiger partial charge in [0.05, 0.1) is 11.7 Å². The van der Waals surface area contributed by atoms with Crippen molar-refractivity contribution in [3.05, 3.63) is 18.0 Å². The predicted octanol–water partition coefficient (Wildman–Crippen LogP) is 3.91. The van der Waals surface area contributed by atoms with Crippen molar-refractivity contribution in [2.75, 3.05) is 18.6 Å². The van der Waals surface area contributed by atoms with Crippen molar-refractivity contribution < 1.29 is 0 Å². The van der Waals surface area contributed by atoms with Crippen LogP contribution in [-0.4, -0.2) is 34.4 Å². The summed E-state index contributed by atoms with van der Waals surface area (Å²) in [4.78, 5) is 0. The summed E-state index contributed by atoms with van der Waals surface area (Å²) < 4.78 is 2.15. The van der Waals surface area contributed by atoms with E-state index in [1.807, 2.05) is 11.8 Å². The normalized spacial score (nSPS) is 13.1. The Bertz CT molecular complexity index is 339. The number of nitrogens with one attached hydrogen (secondary N) is 1. The molecule has 3 nitrogen and oxygen atoms in total. The topological polar surface area (TPSA) is 29.9 Å². The first-order chi connectivity index (χ1) is 9.74. The Kier molecular flexibility index (Phi) is 9.03. The van der Waals surface area contributed by atoms with Crippen molar-refractivity contribution in [2.45, 2.75) is 65.0 Å². The largest absolute Gasteiger partial charge is 0.314 e. The summed E-state index contributed by atoms with van der Waals surface area (Å²) in [6.45, 7) is 7.80. The van der Waals surface area contributed by atoms with Crippen LogP contribution in [0.4, 0.5) is 0 Å². The molecule has 0 saturated heterocycles. The van der Waals surface area contributed by atoms with Crippen LogP contribution in [0.15, 0.2) is 12.3 Å². The second-order valence-corrected chi connectivity index (χ2v) is 6.38. The van der Waals surface area contributed by atoms with E-state index in [-0.39, 0.29) is 0 Å². The summed E-state index contributed by atoms with van der Waals surface area (Å²) in [5.74, 6) is 1.22. The number of nitrogens with zero attached hydrogens (tertiary/aromatic N) is 2. The van der Waals surface area contributed by atoms with Crippen LogP contribution in [-0.2, 0) is 6.42 Å². The monoisotopic (exact) mass is 297 g/mol. The second-order valence-electron chi connectivity index (χ2n) is 5.39. The highest BCUT2D eigenvalue weighted by atomic mass is 32.2. The maximum absolute atomic E-state index is 4.78. The average molecular weight is 298 g/mol. The van der Waals surface area contributed by atoms with Crippen molar-refractivity contribution in [3.63, 3.8) is 0 Å². The molecule has 1 atom stereocenters. The van der Waals surface area contributed by atoms with E-state index in [9.17, 15) is 0 Å². The molecule has 1 heterocycles. The average Bonchev–Trinajstić information content (AvgIpc) is 2.91. The highest BCUT2D eigenvalue weighted by Gasteiger charge is 2.12. The smallest absolute Gasteiger partial charge is 0.0640 e. The Labute approximate surface area is 128 Å². The van der Waals surface area contributed by atoms with Crippen LogP contribution in [0.5, 0.6) is 0 Å². The number of aromatic nitrogens is 2.